The highest BCUT2D eigenvalue weighted by Crippen LogP contribution is 2.36. The zero-order valence-corrected chi connectivity index (χ0v) is 13.8. The maximum Gasteiger partial charge on any atom is 0.249 e. The summed E-state index contributed by atoms with van der Waals surface area (Å²) in [5, 5.41) is 14.9. The number of carbonyl (C=O) groups excluding carboxylic acids is 1. The summed E-state index contributed by atoms with van der Waals surface area (Å²) < 4.78 is 0. The quantitative estimate of drug-likeness (QED) is 0.879. The van der Waals surface area contributed by atoms with Crippen molar-refractivity contribution < 1.29 is 4.79 Å². The van der Waals surface area contributed by atoms with Gasteiger partial charge in [-0.05, 0) is 36.6 Å². The molecule has 2 aromatic heterocycles. The molecule has 4 nitrogen and oxygen atoms in total. The molecule has 1 amide bonds. The molecule has 0 bridgehead atoms. The number of fused-ring (bicyclic) bond motifs is 1. The molecule has 0 atom stereocenters. The van der Waals surface area contributed by atoms with E-state index in [9.17, 15) is 10.1 Å². The maximum absolute atomic E-state index is 12.0. The lowest BCUT2D eigenvalue weighted by atomic mass is 10.0. The highest BCUT2D eigenvalue weighted by Gasteiger charge is 2.23. The first kappa shape index (κ1) is 15.0. The Balaban J connectivity index is 1.78. The third-order valence-electron chi connectivity index (χ3n) is 3.54. The zero-order valence-electron chi connectivity index (χ0n) is 12.1. The van der Waals surface area contributed by atoms with Crippen molar-refractivity contribution in [1.29, 1.82) is 5.26 Å². The van der Waals surface area contributed by atoms with Crippen LogP contribution in [0.25, 0.3) is 6.08 Å². The third-order valence-corrected chi connectivity index (χ3v) is 5.51. The molecule has 3 rings (SSSR count). The van der Waals surface area contributed by atoms with E-state index in [1.54, 1.807) is 17.4 Å². The molecule has 1 aliphatic rings. The van der Waals surface area contributed by atoms with Gasteiger partial charge in [0, 0.05) is 28.9 Å². The van der Waals surface area contributed by atoms with Gasteiger partial charge >= 0.3 is 0 Å². The van der Waals surface area contributed by atoms with Crippen molar-refractivity contribution in [1.82, 2.24) is 4.90 Å². The van der Waals surface area contributed by atoms with Crippen LogP contribution in [0.2, 0.25) is 0 Å². The molecule has 0 saturated carbocycles. The van der Waals surface area contributed by atoms with Crippen LogP contribution < -0.4 is 5.32 Å². The van der Waals surface area contributed by atoms with Crippen LogP contribution in [0.5, 0.6) is 0 Å². The Morgan fingerprint density at radius 3 is 3.14 bits per heavy atom. The highest BCUT2D eigenvalue weighted by molar-refractivity contribution is 7.16. The first-order chi connectivity index (χ1) is 10.7. The Hall–Kier alpha value is -1.94. The fraction of sp³-hybridized carbons (Fsp3) is 0.250. The number of nitrogens with zero attached hydrogens (tertiary/aromatic N) is 2. The number of anilines is 1. The monoisotopic (exact) mass is 329 g/mol. The number of thiophene rings is 2. The summed E-state index contributed by atoms with van der Waals surface area (Å²) in [7, 11) is 2.07. The van der Waals surface area contributed by atoms with Gasteiger partial charge in [0.2, 0.25) is 5.91 Å². The highest BCUT2D eigenvalue weighted by atomic mass is 32.1. The van der Waals surface area contributed by atoms with Crippen LogP contribution in [0.4, 0.5) is 5.00 Å². The Morgan fingerprint density at radius 1 is 1.55 bits per heavy atom. The van der Waals surface area contributed by atoms with Gasteiger partial charge in [0.05, 0.1) is 5.56 Å². The van der Waals surface area contributed by atoms with E-state index >= 15 is 0 Å². The topological polar surface area (TPSA) is 56.1 Å². The number of amides is 1. The number of rotatable bonds is 3. The predicted molar refractivity (Wildman–Crippen MR) is 91.1 cm³/mol. The van der Waals surface area contributed by atoms with E-state index in [2.05, 4.69) is 23.3 Å². The Labute approximate surface area is 137 Å². The molecule has 3 heterocycles. The molecule has 0 radical (unpaired) electrons. The zero-order chi connectivity index (χ0) is 15.5. The summed E-state index contributed by atoms with van der Waals surface area (Å²) in [5.41, 5.74) is 1.73. The molecule has 112 valence electrons. The van der Waals surface area contributed by atoms with E-state index in [0.29, 0.717) is 10.6 Å². The van der Waals surface area contributed by atoms with E-state index in [4.69, 9.17) is 0 Å². The summed E-state index contributed by atoms with van der Waals surface area (Å²) in [6, 6.07) is 6.15. The number of hydrogen-bond acceptors (Lipinski definition) is 5. The van der Waals surface area contributed by atoms with E-state index in [1.165, 1.54) is 22.3 Å². The van der Waals surface area contributed by atoms with Crippen molar-refractivity contribution in [3.8, 4) is 6.07 Å². The largest absolute Gasteiger partial charge is 0.313 e. The smallest absolute Gasteiger partial charge is 0.249 e. The summed E-state index contributed by atoms with van der Waals surface area (Å²) in [6.07, 6.45) is 4.16. The first-order valence-electron chi connectivity index (χ1n) is 6.93. The standard InChI is InChI=1S/C16H15N3OS2/c1-19-7-6-12-13(9-17)16(22-14(12)10-19)18-15(20)5-4-11-3-2-8-21-11/h2-5,8H,6-7,10H2,1H3,(H,18,20). The third kappa shape index (κ3) is 3.12. The van der Waals surface area contributed by atoms with Crippen LogP contribution in [0, 0.1) is 11.3 Å². The molecular formula is C16H15N3OS2. The molecule has 0 fully saturated rings. The van der Waals surface area contributed by atoms with Crippen molar-refractivity contribution in [3.63, 3.8) is 0 Å². The van der Waals surface area contributed by atoms with Crippen LogP contribution in [0.1, 0.15) is 20.9 Å². The molecule has 0 spiro atoms. The summed E-state index contributed by atoms with van der Waals surface area (Å²) >= 11 is 3.09. The van der Waals surface area contributed by atoms with Crippen molar-refractivity contribution in [2.75, 3.05) is 18.9 Å². The Bertz CT molecular complexity index is 753. The molecule has 6 heteroatoms. The van der Waals surface area contributed by atoms with E-state index in [1.807, 2.05) is 17.5 Å². The normalized spacial score (nSPS) is 14.7. The fourth-order valence-corrected chi connectivity index (χ4v) is 4.33. The van der Waals surface area contributed by atoms with Crippen LogP contribution in [-0.4, -0.2) is 24.4 Å². The van der Waals surface area contributed by atoms with Crippen LogP contribution in [0.15, 0.2) is 23.6 Å². The lowest BCUT2D eigenvalue weighted by Gasteiger charge is -2.21. The predicted octanol–water partition coefficient (Wildman–Crippen LogP) is 3.32. The van der Waals surface area contributed by atoms with Gasteiger partial charge in [-0.3, -0.25) is 4.79 Å². The lowest BCUT2D eigenvalue weighted by Crippen LogP contribution is -2.25. The molecule has 1 N–H and O–H groups in total. The molecule has 0 aromatic carbocycles. The summed E-state index contributed by atoms with van der Waals surface area (Å²) in [5.74, 6) is -0.197. The van der Waals surface area contributed by atoms with Crippen LogP contribution in [0.3, 0.4) is 0 Å². The SMILES string of the molecule is CN1CCc2c(sc(NC(=O)C=Cc3cccs3)c2C#N)C1. The van der Waals surface area contributed by atoms with Gasteiger partial charge in [0.15, 0.2) is 0 Å². The van der Waals surface area contributed by atoms with Gasteiger partial charge in [-0.15, -0.1) is 22.7 Å². The minimum Gasteiger partial charge on any atom is -0.313 e. The van der Waals surface area contributed by atoms with Crippen LogP contribution >= 0.6 is 22.7 Å². The fourth-order valence-electron chi connectivity index (χ4n) is 2.44. The van der Waals surface area contributed by atoms with E-state index < -0.39 is 0 Å². The molecule has 2 aromatic rings. The second kappa shape index (κ2) is 6.44. The minimum atomic E-state index is -0.197. The maximum atomic E-state index is 12.0. The summed E-state index contributed by atoms with van der Waals surface area (Å²) in [6.45, 7) is 1.79. The number of nitriles is 1. The number of hydrogen-bond donors (Lipinski definition) is 1. The summed E-state index contributed by atoms with van der Waals surface area (Å²) in [4.78, 5) is 16.5. The van der Waals surface area contributed by atoms with Gasteiger partial charge in [0.25, 0.3) is 0 Å². The second-order valence-corrected chi connectivity index (χ2v) is 7.23. The van der Waals surface area contributed by atoms with E-state index in [0.717, 1.165) is 30.0 Å². The lowest BCUT2D eigenvalue weighted by molar-refractivity contribution is -0.111. The minimum absolute atomic E-state index is 0.197. The number of carbonyl (C=O) groups is 1. The Morgan fingerprint density at radius 2 is 2.41 bits per heavy atom. The molecule has 1 aliphatic heterocycles. The van der Waals surface area contributed by atoms with Crippen molar-refractivity contribution >= 4 is 39.7 Å². The second-order valence-electron chi connectivity index (χ2n) is 5.15. The number of likely N-dealkylation sites (N-methyl/N-ethyl adjacent to an activating group) is 1. The van der Waals surface area contributed by atoms with Gasteiger partial charge < -0.3 is 10.2 Å². The van der Waals surface area contributed by atoms with Gasteiger partial charge in [-0.25, -0.2) is 0 Å². The molecular weight excluding hydrogens is 314 g/mol. The Kier molecular flexibility index (Phi) is 4.39. The van der Waals surface area contributed by atoms with Crippen molar-refractivity contribution in [3.05, 3.63) is 44.5 Å². The molecule has 0 unspecified atom stereocenters. The molecule has 0 saturated heterocycles. The number of nitrogens with one attached hydrogen (secondary N) is 1. The van der Waals surface area contributed by atoms with Crippen molar-refractivity contribution in [2.45, 2.75) is 13.0 Å². The van der Waals surface area contributed by atoms with Gasteiger partial charge in [0.1, 0.15) is 11.1 Å². The van der Waals surface area contributed by atoms with E-state index in [-0.39, 0.29) is 5.91 Å². The first-order valence-corrected chi connectivity index (χ1v) is 8.62. The van der Waals surface area contributed by atoms with Gasteiger partial charge in [-0.2, -0.15) is 5.26 Å². The average molecular weight is 329 g/mol. The average Bonchev–Trinajstić information content (AvgIpc) is 3.11. The molecule has 0 aliphatic carbocycles. The van der Waals surface area contributed by atoms with Crippen molar-refractivity contribution in [2.24, 2.45) is 0 Å². The van der Waals surface area contributed by atoms with Crippen LogP contribution in [-0.2, 0) is 17.8 Å². The van der Waals surface area contributed by atoms with Gasteiger partial charge in [-0.1, -0.05) is 6.07 Å². The molecule has 22 heavy (non-hydrogen) atoms.